The smallest absolute Gasteiger partial charge is 0.126 e. The molecule has 1 heterocycles. The first kappa shape index (κ1) is 12.7. The van der Waals surface area contributed by atoms with Crippen LogP contribution >= 0.6 is 11.6 Å². The van der Waals surface area contributed by atoms with E-state index in [1.807, 2.05) is 6.92 Å². The first-order valence-electron chi connectivity index (χ1n) is 6.19. The highest BCUT2D eigenvalue weighted by Crippen LogP contribution is 2.33. The van der Waals surface area contributed by atoms with Crippen molar-refractivity contribution in [2.45, 2.75) is 39.2 Å². The van der Waals surface area contributed by atoms with E-state index in [0.29, 0.717) is 6.04 Å². The molecule has 0 amide bonds. The zero-order chi connectivity index (χ0) is 12.4. The average molecular weight is 254 g/mol. The van der Waals surface area contributed by atoms with E-state index < -0.39 is 0 Å². The van der Waals surface area contributed by atoms with Crippen LogP contribution in [0.15, 0.2) is 6.07 Å². The zero-order valence-electron chi connectivity index (χ0n) is 10.8. The molecule has 17 heavy (non-hydrogen) atoms. The molecule has 1 atom stereocenters. The van der Waals surface area contributed by atoms with Gasteiger partial charge in [0.2, 0.25) is 0 Å². The normalized spacial score (nSPS) is 19.6. The first-order valence-corrected chi connectivity index (χ1v) is 6.57. The molecule has 1 saturated heterocycles. The monoisotopic (exact) mass is 253 g/mol. The van der Waals surface area contributed by atoms with Crippen molar-refractivity contribution < 1.29 is 4.74 Å². The van der Waals surface area contributed by atoms with Gasteiger partial charge in [0.1, 0.15) is 5.75 Å². The standard InChI is InChI=1S/C14H20ClNO/c1-9-11(7-12-5-4-6-16-12)8-13(15)10(2)14(9)17-3/h8,12,16H,4-7H2,1-3H3. The first-order chi connectivity index (χ1) is 8.13. The van der Waals surface area contributed by atoms with Gasteiger partial charge in [-0.15, -0.1) is 0 Å². The van der Waals surface area contributed by atoms with Gasteiger partial charge >= 0.3 is 0 Å². The van der Waals surface area contributed by atoms with E-state index in [1.165, 1.54) is 24.0 Å². The molecule has 1 unspecified atom stereocenters. The molecule has 1 aromatic carbocycles. The van der Waals surface area contributed by atoms with Gasteiger partial charge in [0.15, 0.2) is 0 Å². The Morgan fingerprint density at radius 3 is 2.76 bits per heavy atom. The fraction of sp³-hybridized carbons (Fsp3) is 0.571. The number of ether oxygens (including phenoxy) is 1. The second-order valence-corrected chi connectivity index (χ2v) is 5.21. The predicted molar refractivity (Wildman–Crippen MR) is 72.2 cm³/mol. The summed E-state index contributed by atoms with van der Waals surface area (Å²) in [6, 6.07) is 2.69. The van der Waals surface area contributed by atoms with Crippen molar-refractivity contribution in [2.75, 3.05) is 13.7 Å². The minimum absolute atomic E-state index is 0.595. The number of hydrogen-bond acceptors (Lipinski definition) is 2. The van der Waals surface area contributed by atoms with Crippen LogP contribution in [0.2, 0.25) is 5.02 Å². The van der Waals surface area contributed by atoms with Crippen molar-refractivity contribution in [1.82, 2.24) is 5.32 Å². The largest absolute Gasteiger partial charge is 0.496 e. The lowest BCUT2D eigenvalue weighted by Gasteiger charge is -2.17. The van der Waals surface area contributed by atoms with Crippen LogP contribution in [0.4, 0.5) is 0 Å². The number of methoxy groups -OCH3 is 1. The van der Waals surface area contributed by atoms with Gasteiger partial charge in [-0.25, -0.2) is 0 Å². The van der Waals surface area contributed by atoms with Gasteiger partial charge in [0, 0.05) is 16.6 Å². The summed E-state index contributed by atoms with van der Waals surface area (Å²) in [6.07, 6.45) is 3.58. The minimum Gasteiger partial charge on any atom is -0.496 e. The van der Waals surface area contributed by atoms with Crippen LogP contribution in [-0.2, 0) is 6.42 Å². The van der Waals surface area contributed by atoms with Crippen LogP contribution in [0, 0.1) is 13.8 Å². The Morgan fingerprint density at radius 2 is 2.18 bits per heavy atom. The Morgan fingerprint density at radius 1 is 1.41 bits per heavy atom. The van der Waals surface area contributed by atoms with Crippen molar-refractivity contribution in [3.63, 3.8) is 0 Å². The maximum absolute atomic E-state index is 6.25. The van der Waals surface area contributed by atoms with Gasteiger partial charge in [0.25, 0.3) is 0 Å². The molecule has 0 aliphatic carbocycles. The lowest BCUT2D eigenvalue weighted by atomic mass is 9.97. The third kappa shape index (κ3) is 2.58. The fourth-order valence-electron chi connectivity index (χ4n) is 2.62. The van der Waals surface area contributed by atoms with E-state index in [4.69, 9.17) is 16.3 Å². The molecule has 1 aliphatic rings. The van der Waals surface area contributed by atoms with E-state index in [-0.39, 0.29) is 0 Å². The fourth-order valence-corrected chi connectivity index (χ4v) is 2.84. The molecule has 94 valence electrons. The number of nitrogens with one attached hydrogen (secondary N) is 1. The van der Waals surface area contributed by atoms with E-state index in [2.05, 4.69) is 18.3 Å². The Balaban J connectivity index is 2.30. The van der Waals surface area contributed by atoms with Crippen molar-refractivity contribution in [1.29, 1.82) is 0 Å². The third-order valence-corrected chi connectivity index (χ3v) is 4.05. The average Bonchev–Trinajstić information content (AvgIpc) is 2.79. The summed E-state index contributed by atoms with van der Waals surface area (Å²) >= 11 is 6.25. The molecule has 0 aromatic heterocycles. The second kappa shape index (κ2) is 5.28. The quantitative estimate of drug-likeness (QED) is 0.893. The highest BCUT2D eigenvalue weighted by atomic mass is 35.5. The van der Waals surface area contributed by atoms with E-state index in [0.717, 1.165) is 29.3 Å². The molecule has 2 rings (SSSR count). The number of rotatable bonds is 3. The molecular formula is C14H20ClNO. The summed E-state index contributed by atoms with van der Waals surface area (Å²) in [5, 5.41) is 4.33. The summed E-state index contributed by atoms with van der Waals surface area (Å²) in [5.74, 6) is 0.936. The van der Waals surface area contributed by atoms with Crippen molar-refractivity contribution in [3.8, 4) is 5.75 Å². The van der Waals surface area contributed by atoms with Crippen molar-refractivity contribution >= 4 is 11.6 Å². The van der Waals surface area contributed by atoms with Crippen LogP contribution in [0.3, 0.4) is 0 Å². The second-order valence-electron chi connectivity index (χ2n) is 4.80. The predicted octanol–water partition coefficient (Wildman–Crippen LogP) is 3.26. The Labute approximate surface area is 108 Å². The van der Waals surface area contributed by atoms with E-state index in [1.54, 1.807) is 7.11 Å². The molecular weight excluding hydrogens is 234 g/mol. The molecule has 0 spiro atoms. The Kier molecular flexibility index (Phi) is 3.95. The summed E-state index contributed by atoms with van der Waals surface area (Å²) in [4.78, 5) is 0. The number of benzene rings is 1. The van der Waals surface area contributed by atoms with Crippen molar-refractivity contribution in [2.24, 2.45) is 0 Å². The third-order valence-electron chi connectivity index (χ3n) is 3.65. The molecule has 1 aliphatic heterocycles. The van der Waals surface area contributed by atoms with Crippen LogP contribution in [0.5, 0.6) is 5.75 Å². The molecule has 0 radical (unpaired) electrons. The highest BCUT2D eigenvalue weighted by Gasteiger charge is 2.18. The maximum atomic E-state index is 6.25. The molecule has 3 heteroatoms. The summed E-state index contributed by atoms with van der Waals surface area (Å²) in [5.41, 5.74) is 3.56. The SMILES string of the molecule is COc1c(C)c(Cl)cc(CC2CCCN2)c1C. The maximum Gasteiger partial charge on any atom is 0.126 e. The Bertz CT molecular complexity index is 411. The van der Waals surface area contributed by atoms with Crippen LogP contribution in [0.25, 0.3) is 0 Å². The molecule has 1 aromatic rings. The van der Waals surface area contributed by atoms with Gasteiger partial charge in [-0.3, -0.25) is 0 Å². The van der Waals surface area contributed by atoms with E-state index >= 15 is 0 Å². The van der Waals surface area contributed by atoms with Gasteiger partial charge in [-0.05, 0) is 56.8 Å². The molecule has 1 N–H and O–H groups in total. The minimum atomic E-state index is 0.595. The van der Waals surface area contributed by atoms with Gasteiger partial charge in [0.05, 0.1) is 7.11 Å². The zero-order valence-corrected chi connectivity index (χ0v) is 11.5. The lowest BCUT2D eigenvalue weighted by Crippen LogP contribution is -2.24. The number of halogens is 1. The van der Waals surface area contributed by atoms with Crippen LogP contribution < -0.4 is 10.1 Å². The highest BCUT2D eigenvalue weighted by molar-refractivity contribution is 6.31. The van der Waals surface area contributed by atoms with E-state index in [9.17, 15) is 0 Å². The lowest BCUT2D eigenvalue weighted by molar-refractivity contribution is 0.407. The van der Waals surface area contributed by atoms with Crippen LogP contribution in [-0.4, -0.2) is 19.7 Å². The van der Waals surface area contributed by atoms with Gasteiger partial charge < -0.3 is 10.1 Å². The topological polar surface area (TPSA) is 21.3 Å². The van der Waals surface area contributed by atoms with Gasteiger partial charge in [-0.1, -0.05) is 11.6 Å². The molecule has 0 saturated carbocycles. The van der Waals surface area contributed by atoms with Crippen LogP contribution in [0.1, 0.15) is 29.5 Å². The van der Waals surface area contributed by atoms with Crippen molar-refractivity contribution in [3.05, 3.63) is 27.8 Å². The summed E-state index contributed by atoms with van der Waals surface area (Å²) in [6.45, 7) is 5.26. The Hall–Kier alpha value is -0.730. The summed E-state index contributed by atoms with van der Waals surface area (Å²) in [7, 11) is 1.71. The molecule has 0 bridgehead atoms. The number of hydrogen-bond donors (Lipinski definition) is 1. The molecule has 1 fully saturated rings. The summed E-state index contributed by atoms with van der Waals surface area (Å²) < 4.78 is 5.46. The van der Waals surface area contributed by atoms with Gasteiger partial charge in [-0.2, -0.15) is 0 Å². The molecule has 2 nitrogen and oxygen atoms in total.